The summed E-state index contributed by atoms with van der Waals surface area (Å²) in [5, 5.41) is 0. The quantitative estimate of drug-likeness (QED) is 0.573. The zero-order valence-electron chi connectivity index (χ0n) is 8.62. The van der Waals surface area contributed by atoms with Crippen molar-refractivity contribution in [2.24, 2.45) is 11.8 Å². The van der Waals surface area contributed by atoms with Gasteiger partial charge < -0.3 is 9.64 Å². The fraction of sp³-hybridized carbons (Fsp3) is 0.818. The van der Waals surface area contributed by atoms with Crippen LogP contribution in [-0.4, -0.2) is 32.1 Å². The van der Waals surface area contributed by atoms with Crippen molar-refractivity contribution in [3.63, 3.8) is 0 Å². The van der Waals surface area contributed by atoms with E-state index in [-0.39, 0.29) is 0 Å². The van der Waals surface area contributed by atoms with Crippen molar-refractivity contribution in [1.29, 1.82) is 0 Å². The maximum absolute atomic E-state index is 5.17. The lowest BCUT2D eigenvalue weighted by Crippen LogP contribution is -2.42. The van der Waals surface area contributed by atoms with E-state index in [0.717, 1.165) is 11.8 Å². The molecule has 1 aliphatic carbocycles. The van der Waals surface area contributed by atoms with Crippen LogP contribution in [0.1, 0.15) is 19.3 Å². The minimum absolute atomic E-state index is 0.775. The fourth-order valence-corrected chi connectivity index (χ4v) is 2.83. The largest absolute Gasteiger partial charge is 0.504 e. The molecule has 2 atom stereocenters. The van der Waals surface area contributed by atoms with E-state index >= 15 is 0 Å². The number of hydrogen-bond donors (Lipinski definition) is 0. The van der Waals surface area contributed by atoms with Gasteiger partial charge in [0.1, 0.15) is 0 Å². The minimum Gasteiger partial charge on any atom is -0.504 e. The Kier molecular flexibility index (Phi) is 2.58. The van der Waals surface area contributed by atoms with Crippen LogP contribution in [-0.2, 0) is 4.74 Å². The van der Waals surface area contributed by atoms with Gasteiger partial charge in [-0.05, 0) is 37.3 Å². The van der Waals surface area contributed by atoms with E-state index < -0.39 is 0 Å². The number of piperidine rings is 1. The van der Waals surface area contributed by atoms with Gasteiger partial charge in [-0.1, -0.05) is 6.42 Å². The van der Waals surface area contributed by atoms with Crippen LogP contribution in [0.5, 0.6) is 0 Å². The van der Waals surface area contributed by atoms with E-state index in [9.17, 15) is 0 Å². The Hall–Kier alpha value is -0.500. The molecule has 2 nitrogen and oxygen atoms in total. The van der Waals surface area contributed by atoms with E-state index in [1.165, 1.54) is 32.4 Å². The number of fused-ring (bicyclic) bond motifs is 2. The third-order valence-electron chi connectivity index (χ3n) is 3.37. The molecule has 1 saturated heterocycles. The lowest BCUT2D eigenvalue weighted by Gasteiger charge is -2.41. The molecule has 2 rings (SSSR count). The second kappa shape index (κ2) is 3.70. The fourth-order valence-electron chi connectivity index (χ4n) is 2.83. The van der Waals surface area contributed by atoms with Gasteiger partial charge in [-0.25, -0.2) is 0 Å². The number of ether oxygens (including phenoxy) is 1. The van der Waals surface area contributed by atoms with Gasteiger partial charge in [-0.3, -0.25) is 0 Å². The molecule has 0 aromatic heterocycles. The van der Waals surface area contributed by atoms with Crippen LogP contribution in [0.3, 0.4) is 0 Å². The van der Waals surface area contributed by atoms with Crippen LogP contribution >= 0.6 is 0 Å². The summed E-state index contributed by atoms with van der Waals surface area (Å²) in [5.74, 6) is 1.55. The van der Waals surface area contributed by atoms with Crippen LogP contribution in [0.4, 0.5) is 0 Å². The minimum atomic E-state index is 0.775. The van der Waals surface area contributed by atoms with Crippen molar-refractivity contribution in [1.82, 2.24) is 4.90 Å². The predicted molar refractivity (Wildman–Crippen MR) is 53.4 cm³/mol. The topological polar surface area (TPSA) is 12.5 Å². The molecule has 0 radical (unpaired) electrons. The van der Waals surface area contributed by atoms with Crippen molar-refractivity contribution in [3.8, 4) is 0 Å². The Morgan fingerprint density at radius 1 is 1.31 bits per heavy atom. The molecule has 0 spiro atoms. The Labute approximate surface area is 80.6 Å². The molecule has 0 aromatic rings. The first-order valence-corrected chi connectivity index (χ1v) is 5.22. The van der Waals surface area contributed by atoms with E-state index in [2.05, 4.69) is 11.9 Å². The molecule has 1 saturated carbocycles. The van der Waals surface area contributed by atoms with Gasteiger partial charge in [0.05, 0.1) is 13.4 Å². The van der Waals surface area contributed by atoms with Crippen LogP contribution in [0.25, 0.3) is 0 Å². The number of rotatable bonds is 1. The molecule has 2 unspecified atom stereocenters. The Bertz CT molecular complexity index is 196. The molecule has 13 heavy (non-hydrogen) atoms. The van der Waals surface area contributed by atoms with E-state index in [4.69, 9.17) is 4.74 Å². The maximum Gasteiger partial charge on any atom is 0.0823 e. The van der Waals surface area contributed by atoms with Crippen LogP contribution in [0.2, 0.25) is 0 Å². The summed E-state index contributed by atoms with van der Waals surface area (Å²) in [5.41, 5.74) is 1.58. The molecule has 1 aliphatic heterocycles. The molecule has 74 valence electrons. The smallest absolute Gasteiger partial charge is 0.0823 e. The highest BCUT2D eigenvalue weighted by atomic mass is 16.5. The third-order valence-corrected chi connectivity index (χ3v) is 3.37. The molecule has 2 heteroatoms. The van der Waals surface area contributed by atoms with Crippen LogP contribution < -0.4 is 0 Å². The highest BCUT2D eigenvalue weighted by Crippen LogP contribution is 2.38. The Morgan fingerprint density at radius 3 is 2.46 bits per heavy atom. The number of methoxy groups -OCH3 is 1. The molecular formula is C11H19NO. The highest BCUT2D eigenvalue weighted by molar-refractivity contribution is 5.15. The van der Waals surface area contributed by atoms with Crippen molar-refractivity contribution >= 4 is 0 Å². The maximum atomic E-state index is 5.17. The average molecular weight is 181 g/mol. The first kappa shape index (κ1) is 9.07. The standard InChI is InChI=1S/C11H19NO/c1-12-6-9-4-3-5-10(7-12)11(9)8-13-2/h8-10H,3-7H2,1-2H3. The number of hydrogen-bond acceptors (Lipinski definition) is 2. The summed E-state index contributed by atoms with van der Waals surface area (Å²) >= 11 is 0. The van der Waals surface area contributed by atoms with Gasteiger partial charge in [-0.15, -0.1) is 0 Å². The summed E-state index contributed by atoms with van der Waals surface area (Å²) in [6, 6.07) is 0. The second-order valence-electron chi connectivity index (χ2n) is 4.40. The zero-order valence-corrected chi connectivity index (χ0v) is 8.62. The predicted octanol–water partition coefficient (Wildman–Crippen LogP) is 1.88. The molecule has 0 aromatic carbocycles. The third kappa shape index (κ3) is 1.73. The zero-order chi connectivity index (χ0) is 9.26. The summed E-state index contributed by atoms with van der Waals surface area (Å²) in [7, 11) is 4.00. The first-order chi connectivity index (χ1) is 6.31. The molecule has 2 bridgehead atoms. The van der Waals surface area contributed by atoms with Crippen molar-refractivity contribution in [2.45, 2.75) is 19.3 Å². The lowest BCUT2D eigenvalue weighted by molar-refractivity contribution is 0.157. The van der Waals surface area contributed by atoms with Crippen molar-refractivity contribution in [3.05, 3.63) is 11.8 Å². The summed E-state index contributed by atoms with van der Waals surface area (Å²) in [4.78, 5) is 2.46. The molecule has 1 heterocycles. The van der Waals surface area contributed by atoms with Gasteiger partial charge in [0, 0.05) is 13.1 Å². The molecule has 2 aliphatic rings. The molecule has 0 N–H and O–H groups in total. The Morgan fingerprint density at radius 2 is 1.92 bits per heavy atom. The summed E-state index contributed by atoms with van der Waals surface area (Å²) in [6.45, 7) is 2.46. The normalized spacial score (nSPS) is 34.5. The monoisotopic (exact) mass is 181 g/mol. The van der Waals surface area contributed by atoms with Gasteiger partial charge in [0.25, 0.3) is 0 Å². The van der Waals surface area contributed by atoms with E-state index in [0.29, 0.717) is 0 Å². The lowest BCUT2D eigenvalue weighted by atomic mass is 9.74. The Balaban J connectivity index is 2.15. The van der Waals surface area contributed by atoms with Gasteiger partial charge in [0.15, 0.2) is 0 Å². The van der Waals surface area contributed by atoms with Gasteiger partial charge >= 0.3 is 0 Å². The van der Waals surface area contributed by atoms with Gasteiger partial charge in [-0.2, -0.15) is 0 Å². The SMILES string of the molecule is COC=C1C2CCCC1CN(C)C2. The highest BCUT2D eigenvalue weighted by Gasteiger charge is 2.33. The molecule has 2 fully saturated rings. The van der Waals surface area contributed by atoms with E-state index in [1.54, 1.807) is 12.7 Å². The molecular weight excluding hydrogens is 162 g/mol. The number of nitrogens with zero attached hydrogens (tertiary/aromatic N) is 1. The van der Waals surface area contributed by atoms with Crippen molar-refractivity contribution < 1.29 is 4.74 Å². The van der Waals surface area contributed by atoms with E-state index in [1.807, 2.05) is 6.26 Å². The first-order valence-electron chi connectivity index (χ1n) is 5.22. The second-order valence-corrected chi connectivity index (χ2v) is 4.40. The van der Waals surface area contributed by atoms with Crippen molar-refractivity contribution in [2.75, 3.05) is 27.2 Å². The van der Waals surface area contributed by atoms with Crippen LogP contribution in [0, 0.1) is 11.8 Å². The van der Waals surface area contributed by atoms with Crippen LogP contribution in [0.15, 0.2) is 11.8 Å². The molecule has 0 amide bonds. The number of likely N-dealkylation sites (tertiary alicyclic amines) is 1. The average Bonchev–Trinajstić information content (AvgIpc) is 2.07. The van der Waals surface area contributed by atoms with Gasteiger partial charge in [0.2, 0.25) is 0 Å². The summed E-state index contributed by atoms with van der Waals surface area (Å²) in [6.07, 6.45) is 6.12. The summed E-state index contributed by atoms with van der Waals surface area (Å²) < 4.78 is 5.17.